The molecule has 2 aromatic carbocycles. The van der Waals surface area contributed by atoms with E-state index in [1.807, 2.05) is 6.07 Å². The van der Waals surface area contributed by atoms with Crippen LogP contribution in [0.1, 0.15) is 37.8 Å². The van der Waals surface area contributed by atoms with Crippen LogP contribution in [0.5, 0.6) is 5.75 Å². The maximum Gasteiger partial charge on any atom is 0.163 e. The van der Waals surface area contributed by atoms with E-state index >= 15 is 0 Å². The summed E-state index contributed by atoms with van der Waals surface area (Å²) in [5.74, 6) is 0.886. The monoisotopic (exact) mass is 404 g/mol. The molecule has 0 bridgehead atoms. The normalized spacial score (nSPS) is 13.7. The molecule has 158 valence electrons. The van der Waals surface area contributed by atoms with Gasteiger partial charge < -0.3 is 9.94 Å². The molecule has 4 heteroatoms. The fourth-order valence-corrected chi connectivity index (χ4v) is 3.60. The van der Waals surface area contributed by atoms with E-state index in [0.29, 0.717) is 18.6 Å². The van der Waals surface area contributed by atoms with Gasteiger partial charge in [-0.2, -0.15) is 4.73 Å². The van der Waals surface area contributed by atoms with Gasteiger partial charge in [0.1, 0.15) is 5.75 Å². The molecule has 4 nitrogen and oxygen atoms in total. The van der Waals surface area contributed by atoms with E-state index in [9.17, 15) is 5.21 Å². The first-order valence-corrected chi connectivity index (χ1v) is 10.7. The van der Waals surface area contributed by atoms with Crippen LogP contribution in [0.3, 0.4) is 0 Å². The number of hydrogen-bond acceptors (Lipinski definition) is 3. The molecule has 30 heavy (non-hydrogen) atoms. The number of hydrogen-bond donors (Lipinski definition) is 1. The Balaban J connectivity index is 1.48. The van der Waals surface area contributed by atoms with Crippen molar-refractivity contribution in [3.05, 3.63) is 95.6 Å². The van der Waals surface area contributed by atoms with Crippen molar-refractivity contribution >= 4 is 0 Å². The summed E-state index contributed by atoms with van der Waals surface area (Å²) in [6.07, 6.45) is 5.64. The second-order valence-corrected chi connectivity index (χ2v) is 8.13. The standard InChI is InChI=1S/C26H32N2O2/c1-3-26(2,20-22-10-5-4-6-11-22)21-23-13-15-24(16-14-23)30-19-9-17-27-25-12-7-8-18-28(25)29/h4-8,10-16,18,29H,3,9,17,19-21H2,1-2H3. The molecule has 0 spiro atoms. The SMILES string of the molecule is CCC(C)(Cc1ccccc1)Cc1ccc(OCCCN=c2ccccn2O)cc1. The molecular weight excluding hydrogens is 372 g/mol. The van der Waals surface area contributed by atoms with Crippen LogP contribution < -0.4 is 10.2 Å². The quantitative estimate of drug-likeness (QED) is 0.368. The minimum Gasteiger partial charge on any atom is -0.494 e. The zero-order valence-electron chi connectivity index (χ0n) is 18.0. The Kier molecular flexibility index (Phi) is 7.72. The predicted octanol–water partition coefficient (Wildman–Crippen LogP) is 5.30. The van der Waals surface area contributed by atoms with Crippen molar-refractivity contribution < 1.29 is 9.94 Å². The summed E-state index contributed by atoms with van der Waals surface area (Å²) in [7, 11) is 0. The van der Waals surface area contributed by atoms with Crippen molar-refractivity contribution in [3.63, 3.8) is 0 Å². The number of pyridine rings is 1. The molecule has 1 N–H and O–H groups in total. The molecule has 1 atom stereocenters. The molecule has 3 rings (SSSR count). The molecule has 1 heterocycles. The zero-order valence-corrected chi connectivity index (χ0v) is 18.0. The van der Waals surface area contributed by atoms with Crippen LogP contribution in [-0.4, -0.2) is 23.1 Å². The van der Waals surface area contributed by atoms with Crippen molar-refractivity contribution in [2.45, 2.75) is 39.5 Å². The van der Waals surface area contributed by atoms with Gasteiger partial charge in [-0.15, -0.1) is 0 Å². The summed E-state index contributed by atoms with van der Waals surface area (Å²) in [6.45, 7) is 5.86. The number of benzene rings is 2. The van der Waals surface area contributed by atoms with E-state index < -0.39 is 0 Å². The number of aromatic nitrogens is 1. The molecule has 0 fully saturated rings. The summed E-state index contributed by atoms with van der Waals surface area (Å²) in [5, 5.41) is 9.64. The van der Waals surface area contributed by atoms with Crippen LogP contribution in [0.15, 0.2) is 84.0 Å². The molecule has 0 aliphatic rings. The lowest BCUT2D eigenvalue weighted by molar-refractivity contribution is 0.171. The van der Waals surface area contributed by atoms with Gasteiger partial charge in [0.05, 0.1) is 6.61 Å². The lowest BCUT2D eigenvalue weighted by atomic mass is 9.76. The molecule has 0 aliphatic carbocycles. The molecule has 0 amide bonds. The Hall–Kier alpha value is -3.01. The number of rotatable bonds is 10. The predicted molar refractivity (Wildman–Crippen MR) is 121 cm³/mol. The third kappa shape index (κ3) is 6.51. The average molecular weight is 405 g/mol. The highest BCUT2D eigenvalue weighted by Gasteiger charge is 2.23. The second kappa shape index (κ2) is 10.7. The first-order valence-electron chi connectivity index (χ1n) is 10.7. The lowest BCUT2D eigenvalue weighted by Crippen LogP contribution is -2.21. The van der Waals surface area contributed by atoms with Crippen LogP contribution in [0.25, 0.3) is 0 Å². The van der Waals surface area contributed by atoms with E-state index in [1.54, 1.807) is 18.3 Å². The summed E-state index contributed by atoms with van der Waals surface area (Å²) >= 11 is 0. The maximum atomic E-state index is 9.64. The smallest absolute Gasteiger partial charge is 0.163 e. The molecular formula is C26H32N2O2. The maximum absolute atomic E-state index is 9.64. The highest BCUT2D eigenvalue weighted by molar-refractivity contribution is 5.28. The van der Waals surface area contributed by atoms with Gasteiger partial charge in [0.25, 0.3) is 0 Å². The minimum absolute atomic E-state index is 0.242. The van der Waals surface area contributed by atoms with Gasteiger partial charge in [-0.25, -0.2) is 0 Å². The molecule has 0 aliphatic heterocycles. The van der Waals surface area contributed by atoms with Gasteiger partial charge >= 0.3 is 0 Å². The topological polar surface area (TPSA) is 46.8 Å². The van der Waals surface area contributed by atoms with E-state index in [4.69, 9.17) is 4.74 Å². The van der Waals surface area contributed by atoms with Gasteiger partial charge in [0.15, 0.2) is 5.49 Å². The number of nitrogens with zero attached hydrogens (tertiary/aromatic N) is 2. The van der Waals surface area contributed by atoms with Crippen molar-refractivity contribution in [2.75, 3.05) is 13.2 Å². The summed E-state index contributed by atoms with van der Waals surface area (Å²) < 4.78 is 6.88. The number of ether oxygens (including phenoxy) is 1. The highest BCUT2D eigenvalue weighted by Crippen LogP contribution is 2.31. The second-order valence-electron chi connectivity index (χ2n) is 8.13. The van der Waals surface area contributed by atoms with Gasteiger partial charge in [-0.3, -0.25) is 4.99 Å². The molecule has 1 aromatic heterocycles. The van der Waals surface area contributed by atoms with Gasteiger partial charge in [0.2, 0.25) is 0 Å². The first kappa shape index (κ1) is 21.7. The third-order valence-corrected chi connectivity index (χ3v) is 5.54. The van der Waals surface area contributed by atoms with Gasteiger partial charge in [0, 0.05) is 19.2 Å². The van der Waals surface area contributed by atoms with Crippen LogP contribution in [0.4, 0.5) is 0 Å². The average Bonchev–Trinajstić information content (AvgIpc) is 2.76. The van der Waals surface area contributed by atoms with Crippen LogP contribution >= 0.6 is 0 Å². The Morgan fingerprint density at radius 2 is 1.57 bits per heavy atom. The Bertz CT molecular complexity index is 964. The summed E-state index contributed by atoms with van der Waals surface area (Å²) in [5.41, 5.74) is 3.53. The molecule has 3 aromatic rings. The molecule has 0 saturated carbocycles. The van der Waals surface area contributed by atoms with E-state index in [2.05, 4.69) is 73.4 Å². The summed E-state index contributed by atoms with van der Waals surface area (Å²) in [4.78, 5) is 4.37. The molecule has 0 saturated heterocycles. The van der Waals surface area contributed by atoms with Crippen LogP contribution in [0, 0.1) is 5.41 Å². The minimum atomic E-state index is 0.242. The van der Waals surface area contributed by atoms with Crippen molar-refractivity contribution in [1.29, 1.82) is 0 Å². The lowest BCUT2D eigenvalue weighted by Gasteiger charge is -2.29. The molecule has 1 unspecified atom stereocenters. The van der Waals surface area contributed by atoms with Gasteiger partial charge in [-0.05, 0) is 53.6 Å². The molecule has 0 radical (unpaired) electrons. The van der Waals surface area contributed by atoms with Gasteiger partial charge in [-0.1, -0.05) is 68.8 Å². The Labute approximate surface area is 179 Å². The summed E-state index contributed by atoms with van der Waals surface area (Å²) in [6, 6.07) is 24.6. The van der Waals surface area contributed by atoms with E-state index in [0.717, 1.165) is 36.2 Å². The van der Waals surface area contributed by atoms with E-state index in [1.165, 1.54) is 11.1 Å². The highest BCUT2D eigenvalue weighted by atomic mass is 16.5. The van der Waals surface area contributed by atoms with Crippen LogP contribution in [-0.2, 0) is 12.8 Å². The zero-order chi connectivity index (χ0) is 21.2. The Morgan fingerprint density at radius 3 is 2.23 bits per heavy atom. The van der Waals surface area contributed by atoms with Crippen molar-refractivity contribution in [2.24, 2.45) is 10.4 Å². The largest absolute Gasteiger partial charge is 0.494 e. The first-order chi connectivity index (χ1) is 14.6. The van der Waals surface area contributed by atoms with E-state index in [-0.39, 0.29) is 5.41 Å². The third-order valence-electron chi connectivity index (χ3n) is 5.54. The fraction of sp³-hybridized carbons (Fsp3) is 0.346. The fourth-order valence-electron chi connectivity index (χ4n) is 3.60. The van der Waals surface area contributed by atoms with Crippen molar-refractivity contribution in [3.8, 4) is 5.75 Å². The van der Waals surface area contributed by atoms with Crippen LogP contribution in [0.2, 0.25) is 0 Å². The van der Waals surface area contributed by atoms with Crippen molar-refractivity contribution in [1.82, 2.24) is 4.73 Å². The Morgan fingerprint density at radius 1 is 0.900 bits per heavy atom.